The summed E-state index contributed by atoms with van der Waals surface area (Å²) in [5.74, 6) is -2.10. The summed E-state index contributed by atoms with van der Waals surface area (Å²) >= 11 is 0. The van der Waals surface area contributed by atoms with Crippen molar-refractivity contribution in [3.05, 3.63) is 59.2 Å². The standard InChI is InChI=1S/C24H28N2O8S/c1-5-34-19-14-16(8-11-18(19)27)21-20(23(29)24(30)26(21)12-13-33-4)22(28)15-6-9-17(10-7-15)35(31,32)25(2)3/h6-11,14,21,27-28H,5,12-13H2,1-4H3/t21-/m1/s1. The van der Waals surface area contributed by atoms with Crippen molar-refractivity contribution in [2.24, 2.45) is 0 Å². The summed E-state index contributed by atoms with van der Waals surface area (Å²) in [4.78, 5) is 27.2. The molecule has 0 bridgehead atoms. The minimum absolute atomic E-state index is 0.0102. The van der Waals surface area contributed by atoms with Gasteiger partial charge in [0, 0.05) is 33.3 Å². The van der Waals surface area contributed by atoms with Crippen LogP contribution in [-0.4, -0.2) is 80.5 Å². The predicted octanol–water partition coefficient (Wildman–Crippen LogP) is 2.11. The third-order valence-corrected chi connectivity index (χ3v) is 7.41. The van der Waals surface area contributed by atoms with Crippen LogP contribution in [0.1, 0.15) is 24.1 Å². The Labute approximate surface area is 204 Å². The van der Waals surface area contributed by atoms with Gasteiger partial charge in [0.15, 0.2) is 11.5 Å². The number of rotatable bonds is 9. The van der Waals surface area contributed by atoms with E-state index in [4.69, 9.17) is 9.47 Å². The van der Waals surface area contributed by atoms with E-state index in [1.54, 1.807) is 6.92 Å². The number of aromatic hydroxyl groups is 1. The van der Waals surface area contributed by atoms with Crippen LogP contribution in [0.4, 0.5) is 0 Å². The van der Waals surface area contributed by atoms with Crippen LogP contribution in [0, 0.1) is 0 Å². The molecule has 0 aliphatic carbocycles. The van der Waals surface area contributed by atoms with Gasteiger partial charge in [-0.25, -0.2) is 12.7 Å². The molecule has 1 atom stereocenters. The molecule has 11 heteroatoms. The molecule has 2 N–H and O–H groups in total. The number of phenols is 1. The minimum atomic E-state index is -3.69. The molecule has 0 spiro atoms. The van der Waals surface area contributed by atoms with Gasteiger partial charge < -0.3 is 24.6 Å². The number of hydrogen-bond donors (Lipinski definition) is 2. The lowest BCUT2D eigenvalue weighted by atomic mass is 9.95. The molecule has 2 aromatic rings. The van der Waals surface area contributed by atoms with Crippen LogP contribution in [0.5, 0.6) is 11.5 Å². The van der Waals surface area contributed by atoms with Crippen molar-refractivity contribution in [3.63, 3.8) is 0 Å². The highest BCUT2D eigenvalue weighted by atomic mass is 32.2. The van der Waals surface area contributed by atoms with E-state index in [-0.39, 0.29) is 47.3 Å². The largest absolute Gasteiger partial charge is 0.507 e. The first-order chi connectivity index (χ1) is 16.5. The van der Waals surface area contributed by atoms with Crippen LogP contribution in [0.3, 0.4) is 0 Å². The number of amides is 1. The van der Waals surface area contributed by atoms with Crippen LogP contribution in [0.15, 0.2) is 52.9 Å². The molecule has 0 aromatic heterocycles. The Hall–Kier alpha value is -3.41. The van der Waals surface area contributed by atoms with Crippen molar-refractivity contribution in [2.45, 2.75) is 17.9 Å². The monoisotopic (exact) mass is 504 g/mol. The number of methoxy groups -OCH3 is 1. The van der Waals surface area contributed by atoms with Crippen molar-refractivity contribution in [1.29, 1.82) is 0 Å². The number of ether oxygens (including phenoxy) is 2. The number of aliphatic hydroxyl groups is 1. The van der Waals surface area contributed by atoms with Gasteiger partial charge in [-0.3, -0.25) is 9.59 Å². The quantitative estimate of drug-likeness (QED) is 0.301. The summed E-state index contributed by atoms with van der Waals surface area (Å²) in [6.45, 7) is 2.25. The molecule has 1 fully saturated rings. The predicted molar refractivity (Wildman–Crippen MR) is 127 cm³/mol. The number of carbonyl (C=O) groups excluding carboxylic acids is 2. The maximum atomic E-state index is 13.0. The van der Waals surface area contributed by atoms with E-state index in [0.29, 0.717) is 5.56 Å². The second kappa shape index (κ2) is 10.5. The maximum Gasteiger partial charge on any atom is 0.295 e. The number of benzene rings is 2. The van der Waals surface area contributed by atoms with Crippen LogP contribution < -0.4 is 4.74 Å². The highest BCUT2D eigenvalue weighted by molar-refractivity contribution is 7.89. The minimum Gasteiger partial charge on any atom is -0.507 e. The third-order valence-electron chi connectivity index (χ3n) is 5.58. The van der Waals surface area contributed by atoms with E-state index < -0.39 is 33.5 Å². The number of aliphatic hydroxyl groups excluding tert-OH is 1. The Bertz CT molecular complexity index is 1250. The summed E-state index contributed by atoms with van der Waals surface area (Å²) in [5.41, 5.74) is 0.443. The Morgan fingerprint density at radius 2 is 1.77 bits per heavy atom. The maximum absolute atomic E-state index is 13.0. The number of carbonyl (C=O) groups is 2. The van der Waals surface area contributed by atoms with Crippen molar-refractivity contribution >= 4 is 27.5 Å². The molecule has 0 saturated carbocycles. The highest BCUT2D eigenvalue weighted by Crippen LogP contribution is 2.41. The fourth-order valence-electron chi connectivity index (χ4n) is 3.77. The van der Waals surface area contributed by atoms with Gasteiger partial charge in [-0.05, 0) is 48.9 Å². The number of ketones is 1. The Balaban J connectivity index is 2.15. The average Bonchev–Trinajstić information content (AvgIpc) is 3.08. The van der Waals surface area contributed by atoms with Gasteiger partial charge in [-0.15, -0.1) is 0 Å². The van der Waals surface area contributed by atoms with E-state index in [2.05, 4.69) is 0 Å². The first-order valence-corrected chi connectivity index (χ1v) is 12.2. The molecular weight excluding hydrogens is 476 g/mol. The smallest absolute Gasteiger partial charge is 0.295 e. The van der Waals surface area contributed by atoms with Crippen molar-refractivity contribution in [2.75, 3.05) is 41.0 Å². The van der Waals surface area contributed by atoms with E-state index >= 15 is 0 Å². The Morgan fingerprint density at radius 3 is 2.34 bits per heavy atom. The number of hydrogen-bond acceptors (Lipinski definition) is 8. The summed E-state index contributed by atoms with van der Waals surface area (Å²) < 4.78 is 36.3. The van der Waals surface area contributed by atoms with Crippen LogP contribution in [-0.2, 0) is 24.3 Å². The summed E-state index contributed by atoms with van der Waals surface area (Å²) in [7, 11) is 0.574. The lowest BCUT2D eigenvalue weighted by Crippen LogP contribution is -2.32. The van der Waals surface area contributed by atoms with Gasteiger partial charge in [0.25, 0.3) is 11.7 Å². The van der Waals surface area contributed by atoms with Crippen molar-refractivity contribution < 1.29 is 37.7 Å². The van der Waals surface area contributed by atoms with Gasteiger partial charge in [0.2, 0.25) is 10.0 Å². The van der Waals surface area contributed by atoms with Gasteiger partial charge in [-0.1, -0.05) is 6.07 Å². The molecule has 10 nitrogen and oxygen atoms in total. The second-order valence-corrected chi connectivity index (χ2v) is 10.1. The SMILES string of the molecule is CCOc1cc([C@@H]2C(=C(O)c3ccc(S(=O)(=O)N(C)C)cc3)C(=O)C(=O)N2CCOC)ccc1O. The molecule has 1 saturated heterocycles. The molecule has 188 valence electrons. The van der Waals surface area contributed by atoms with Crippen molar-refractivity contribution in [1.82, 2.24) is 9.21 Å². The first kappa shape index (κ1) is 26.2. The molecular formula is C24H28N2O8S. The van der Waals surface area contributed by atoms with Crippen LogP contribution in [0.2, 0.25) is 0 Å². The van der Waals surface area contributed by atoms with E-state index in [9.17, 15) is 28.2 Å². The number of sulfonamides is 1. The fraction of sp³-hybridized carbons (Fsp3) is 0.333. The van der Waals surface area contributed by atoms with E-state index in [0.717, 1.165) is 4.31 Å². The van der Waals surface area contributed by atoms with Crippen molar-refractivity contribution in [3.8, 4) is 11.5 Å². The van der Waals surface area contributed by atoms with Gasteiger partial charge in [0.05, 0.1) is 29.7 Å². The number of nitrogens with zero attached hydrogens (tertiary/aromatic N) is 2. The van der Waals surface area contributed by atoms with Gasteiger partial charge in [0.1, 0.15) is 5.76 Å². The van der Waals surface area contributed by atoms with E-state index in [1.807, 2.05) is 0 Å². The van der Waals surface area contributed by atoms with E-state index in [1.165, 1.54) is 68.6 Å². The zero-order chi connectivity index (χ0) is 25.9. The Kier molecular flexibility index (Phi) is 7.83. The average molecular weight is 505 g/mol. The zero-order valence-electron chi connectivity index (χ0n) is 19.9. The third kappa shape index (κ3) is 5.02. The second-order valence-electron chi connectivity index (χ2n) is 7.96. The summed E-state index contributed by atoms with van der Waals surface area (Å²) in [6.07, 6.45) is 0. The molecule has 1 heterocycles. The fourth-order valence-corrected chi connectivity index (χ4v) is 4.67. The molecule has 0 radical (unpaired) electrons. The summed E-state index contributed by atoms with van der Waals surface area (Å²) in [5, 5.41) is 21.2. The zero-order valence-corrected chi connectivity index (χ0v) is 20.7. The molecule has 1 amide bonds. The van der Waals surface area contributed by atoms with Crippen LogP contribution in [0.25, 0.3) is 5.76 Å². The molecule has 1 aliphatic heterocycles. The lowest BCUT2D eigenvalue weighted by molar-refractivity contribution is -0.140. The first-order valence-electron chi connectivity index (χ1n) is 10.8. The normalized spacial score (nSPS) is 17.9. The number of phenolic OH excluding ortho intramolecular Hbond substituents is 1. The van der Waals surface area contributed by atoms with Gasteiger partial charge >= 0.3 is 0 Å². The van der Waals surface area contributed by atoms with Crippen LogP contribution >= 0.6 is 0 Å². The number of Topliss-reactive ketones (excluding diaryl/α,β-unsaturated/α-hetero) is 1. The lowest BCUT2D eigenvalue weighted by Gasteiger charge is -2.25. The summed E-state index contributed by atoms with van der Waals surface area (Å²) in [6, 6.07) is 8.82. The topological polar surface area (TPSA) is 134 Å². The Morgan fingerprint density at radius 1 is 1.11 bits per heavy atom. The number of likely N-dealkylation sites (tertiary alicyclic amines) is 1. The molecule has 2 aromatic carbocycles. The highest BCUT2D eigenvalue weighted by Gasteiger charge is 2.46. The molecule has 1 aliphatic rings. The molecule has 35 heavy (non-hydrogen) atoms. The molecule has 0 unspecified atom stereocenters. The van der Waals surface area contributed by atoms with Gasteiger partial charge in [-0.2, -0.15) is 0 Å². The molecule has 3 rings (SSSR count).